The third-order valence-electron chi connectivity index (χ3n) is 4.27. The summed E-state index contributed by atoms with van der Waals surface area (Å²) in [6, 6.07) is 7.43. The van der Waals surface area contributed by atoms with Gasteiger partial charge in [0, 0.05) is 12.4 Å². The Kier molecular flexibility index (Phi) is 4.44. The van der Waals surface area contributed by atoms with Crippen LogP contribution in [0, 0.1) is 0 Å². The fourth-order valence-electron chi connectivity index (χ4n) is 3.23. The molecule has 25 heavy (non-hydrogen) atoms. The number of fused-ring (bicyclic) bond motifs is 2. The normalized spacial score (nSPS) is 10.9. The molecule has 6 nitrogen and oxygen atoms in total. The molecule has 0 aliphatic heterocycles. The third kappa shape index (κ3) is 2.36. The van der Waals surface area contributed by atoms with Gasteiger partial charge in [-0.2, -0.15) is 0 Å². The van der Waals surface area contributed by atoms with Crippen LogP contribution in [-0.4, -0.2) is 32.5 Å². The summed E-state index contributed by atoms with van der Waals surface area (Å²) in [4.78, 5) is 13.2. The zero-order valence-corrected chi connectivity index (χ0v) is 15.0. The fourth-order valence-corrected chi connectivity index (χ4v) is 3.23. The van der Waals surface area contributed by atoms with E-state index in [1.54, 1.807) is 6.07 Å². The van der Waals surface area contributed by atoms with Crippen LogP contribution in [0.15, 0.2) is 29.1 Å². The van der Waals surface area contributed by atoms with Crippen molar-refractivity contribution in [3.8, 4) is 23.0 Å². The molecule has 6 heteroatoms. The van der Waals surface area contributed by atoms with E-state index in [-0.39, 0.29) is 5.43 Å². The quantitative estimate of drug-likeness (QED) is 0.666. The number of ether oxygens (including phenoxy) is 4. The smallest absolute Gasteiger partial charge is 0.209 e. The van der Waals surface area contributed by atoms with E-state index in [1.165, 1.54) is 21.3 Å². The number of pyridine rings is 1. The molecule has 0 fully saturated rings. The van der Waals surface area contributed by atoms with Crippen molar-refractivity contribution >= 4 is 21.8 Å². The Hall–Kier alpha value is -2.89. The molecule has 0 aliphatic rings. The molecular formula is C19H21NO5. The first-order chi connectivity index (χ1) is 12.1. The Morgan fingerprint density at radius 3 is 2.12 bits per heavy atom. The largest absolute Gasteiger partial charge is 0.491 e. The van der Waals surface area contributed by atoms with Gasteiger partial charge in [-0.05, 0) is 19.1 Å². The molecule has 1 heterocycles. The van der Waals surface area contributed by atoms with Crippen molar-refractivity contribution in [2.24, 2.45) is 7.05 Å². The summed E-state index contributed by atoms with van der Waals surface area (Å²) in [5.74, 6) is 1.54. The summed E-state index contributed by atoms with van der Waals surface area (Å²) in [6.07, 6.45) is 0. The minimum absolute atomic E-state index is 0.133. The highest BCUT2D eigenvalue weighted by Gasteiger charge is 2.27. The Balaban J connectivity index is 2.70. The zero-order chi connectivity index (χ0) is 18.1. The van der Waals surface area contributed by atoms with Crippen LogP contribution in [0.3, 0.4) is 0 Å². The van der Waals surface area contributed by atoms with E-state index in [4.69, 9.17) is 18.9 Å². The third-order valence-corrected chi connectivity index (χ3v) is 4.27. The Morgan fingerprint density at radius 1 is 0.920 bits per heavy atom. The molecule has 0 radical (unpaired) electrons. The van der Waals surface area contributed by atoms with E-state index in [2.05, 4.69) is 0 Å². The summed E-state index contributed by atoms with van der Waals surface area (Å²) >= 11 is 0. The lowest BCUT2D eigenvalue weighted by Crippen LogP contribution is -2.13. The van der Waals surface area contributed by atoms with Crippen molar-refractivity contribution in [3.05, 3.63) is 34.5 Å². The number of rotatable bonds is 5. The van der Waals surface area contributed by atoms with Crippen LogP contribution < -0.4 is 24.4 Å². The number of hydrogen-bond donors (Lipinski definition) is 0. The van der Waals surface area contributed by atoms with Gasteiger partial charge in [-0.1, -0.05) is 12.1 Å². The number of aryl methyl sites for hydroxylation is 1. The molecule has 0 N–H and O–H groups in total. The second kappa shape index (κ2) is 6.55. The summed E-state index contributed by atoms with van der Waals surface area (Å²) in [5.41, 5.74) is 1.27. The number of hydrogen-bond acceptors (Lipinski definition) is 5. The highest BCUT2D eigenvalue weighted by molar-refractivity contribution is 6.02. The lowest BCUT2D eigenvalue weighted by Gasteiger charge is -2.21. The summed E-state index contributed by atoms with van der Waals surface area (Å²) in [5, 5.41) is 1.02. The first kappa shape index (κ1) is 17.0. The lowest BCUT2D eigenvalue weighted by atomic mass is 10.1. The number of methoxy groups -OCH3 is 3. The average Bonchev–Trinajstić information content (AvgIpc) is 2.64. The Morgan fingerprint density at radius 2 is 1.52 bits per heavy atom. The van der Waals surface area contributed by atoms with Gasteiger partial charge >= 0.3 is 0 Å². The average molecular weight is 343 g/mol. The lowest BCUT2D eigenvalue weighted by molar-refractivity contribution is 0.291. The van der Waals surface area contributed by atoms with E-state index in [0.717, 1.165) is 5.52 Å². The first-order valence-corrected chi connectivity index (χ1v) is 7.96. The van der Waals surface area contributed by atoms with Crippen molar-refractivity contribution in [2.75, 3.05) is 27.9 Å². The molecule has 0 amide bonds. The molecule has 2 aromatic carbocycles. The van der Waals surface area contributed by atoms with Gasteiger partial charge in [0.1, 0.15) is 5.52 Å². The molecule has 0 saturated heterocycles. The molecule has 0 atom stereocenters. The van der Waals surface area contributed by atoms with Gasteiger partial charge in [-0.15, -0.1) is 0 Å². The molecule has 0 aliphatic carbocycles. The zero-order valence-electron chi connectivity index (χ0n) is 15.0. The molecule has 0 spiro atoms. The van der Waals surface area contributed by atoms with Crippen LogP contribution in [0.25, 0.3) is 21.8 Å². The summed E-state index contributed by atoms with van der Waals surface area (Å²) in [7, 11) is 6.46. The second-order valence-corrected chi connectivity index (χ2v) is 5.49. The van der Waals surface area contributed by atoms with Crippen LogP contribution in [0.4, 0.5) is 0 Å². The van der Waals surface area contributed by atoms with Crippen molar-refractivity contribution in [2.45, 2.75) is 6.92 Å². The highest BCUT2D eigenvalue weighted by Crippen LogP contribution is 2.50. The SMILES string of the molecule is CCOc1c(OC)c(OC)c(OC)c2c1c(=O)c1ccccc1n2C. The molecule has 0 saturated carbocycles. The molecule has 3 rings (SSSR count). The van der Waals surface area contributed by atoms with Gasteiger partial charge in [-0.3, -0.25) is 4.79 Å². The molecule has 1 aromatic heterocycles. The number of aromatic nitrogens is 1. The monoisotopic (exact) mass is 343 g/mol. The summed E-state index contributed by atoms with van der Waals surface area (Å²) < 4.78 is 24.3. The van der Waals surface area contributed by atoms with Gasteiger partial charge < -0.3 is 23.5 Å². The predicted octanol–water partition coefficient (Wildman–Crippen LogP) is 3.12. The van der Waals surface area contributed by atoms with Crippen LogP contribution in [0.1, 0.15) is 6.92 Å². The van der Waals surface area contributed by atoms with Gasteiger partial charge in [-0.25, -0.2) is 0 Å². The van der Waals surface area contributed by atoms with E-state index in [0.29, 0.717) is 45.9 Å². The van der Waals surface area contributed by atoms with Gasteiger partial charge in [0.25, 0.3) is 0 Å². The Labute approximate surface area is 145 Å². The fraction of sp³-hybridized carbons (Fsp3) is 0.316. The van der Waals surface area contributed by atoms with Gasteiger partial charge in [0.15, 0.2) is 11.5 Å². The van der Waals surface area contributed by atoms with E-state index >= 15 is 0 Å². The number of para-hydroxylation sites is 1. The van der Waals surface area contributed by atoms with E-state index in [1.807, 2.05) is 36.7 Å². The first-order valence-electron chi connectivity index (χ1n) is 7.96. The van der Waals surface area contributed by atoms with E-state index < -0.39 is 0 Å². The maximum Gasteiger partial charge on any atom is 0.209 e. The van der Waals surface area contributed by atoms with Gasteiger partial charge in [0.05, 0.1) is 38.8 Å². The maximum absolute atomic E-state index is 13.2. The molecule has 0 unspecified atom stereocenters. The second-order valence-electron chi connectivity index (χ2n) is 5.49. The van der Waals surface area contributed by atoms with Gasteiger partial charge in [0.2, 0.25) is 16.9 Å². The molecular weight excluding hydrogens is 322 g/mol. The number of nitrogens with zero attached hydrogens (tertiary/aromatic N) is 1. The van der Waals surface area contributed by atoms with E-state index in [9.17, 15) is 4.79 Å². The van der Waals surface area contributed by atoms with Crippen molar-refractivity contribution < 1.29 is 18.9 Å². The maximum atomic E-state index is 13.2. The standard InChI is InChI=1S/C19H21NO5/c1-6-25-16-13-14(17(22-3)19(24-5)18(16)23-4)20(2)12-10-8-7-9-11(12)15(13)21/h7-10H,6H2,1-5H3. The molecule has 132 valence electrons. The van der Waals surface area contributed by atoms with Crippen molar-refractivity contribution in [1.29, 1.82) is 0 Å². The predicted molar refractivity (Wildman–Crippen MR) is 97.5 cm³/mol. The molecule has 3 aromatic rings. The van der Waals surface area contributed by atoms with Crippen LogP contribution in [0.5, 0.6) is 23.0 Å². The Bertz CT molecular complexity index is 1010. The summed E-state index contributed by atoms with van der Waals surface area (Å²) in [6.45, 7) is 2.24. The topological polar surface area (TPSA) is 58.9 Å². The van der Waals surface area contributed by atoms with Crippen molar-refractivity contribution in [3.63, 3.8) is 0 Å². The molecule has 0 bridgehead atoms. The van der Waals surface area contributed by atoms with Crippen molar-refractivity contribution in [1.82, 2.24) is 4.57 Å². The van der Waals surface area contributed by atoms with Crippen LogP contribution >= 0.6 is 0 Å². The van der Waals surface area contributed by atoms with Crippen LogP contribution in [-0.2, 0) is 7.05 Å². The minimum Gasteiger partial charge on any atom is -0.491 e. The highest BCUT2D eigenvalue weighted by atomic mass is 16.5. The number of benzene rings is 2. The van der Waals surface area contributed by atoms with Crippen LogP contribution in [0.2, 0.25) is 0 Å². The minimum atomic E-state index is -0.133.